The molecule has 1 unspecified atom stereocenters. The van der Waals surface area contributed by atoms with Crippen molar-refractivity contribution in [1.82, 2.24) is 0 Å². The third-order valence-corrected chi connectivity index (χ3v) is 2.72. The number of aliphatic imine (C=N–C) groups is 1. The lowest BCUT2D eigenvalue weighted by Gasteiger charge is -2.27. The van der Waals surface area contributed by atoms with Crippen LogP contribution in [0.1, 0.15) is 32.6 Å². The summed E-state index contributed by atoms with van der Waals surface area (Å²) in [5.41, 5.74) is 1.13. The van der Waals surface area contributed by atoms with E-state index < -0.39 is 0 Å². The molecule has 68 valence electrons. The normalized spacial score (nSPS) is 25.5. The number of halogens is 1. The van der Waals surface area contributed by atoms with Gasteiger partial charge in [0.05, 0.1) is 5.33 Å². The maximum atomic E-state index is 10.9. The highest BCUT2D eigenvalue weighted by atomic mass is 79.9. The molecule has 0 saturated heterocycles. The van der Waals surface area contributed by atoms with E-state index in [0.717, 1.165) is 12.1 Å². The molecular weight excluding hydrogens is 218 g/mol. The molecule has 0 N–H and O–H groups in total. The second-order valence-electron chi connectivity index (χ2n) is 3.15. The van der Waals surface area contributed by atoms with E-state index in [2.05, 4.69) is 27.8 Å². The van der Waals surface area contributed by atoms with E-state index in [1.807, 2.05) is 0 Å². The van der Waals surface area contributed by atoms with Gasteiger partial charge in [-0.1, -0.05) is 29.3 Å². The first-order valence-electron chi connectivity index (χ1n) is 4.44. The SMILES string of the molecule is CCCC1CC/C1=N/C(=O)CBr. The molecule has 0 radical (unpaired) electrons. The van der Waals surface area contributed by atoms with Crippen molar-refractivity contribution in [3.8, 4) is 0 Å². The molecule has 3 heteroatoms. The highest BCUT2D eigenvalue weighted by Crippen LogP contribution is 2.28. The zero-order valence-electron chi connectivity index (χ0n) is 7.35. The standard InChI is InChI=1S/C9H14BrNO/c1-2-3-7-4-5-8(7)11-9(12)6-10/h7H,2-6H2,1H3/b11-8-. The maximum absolute atomic E-state index is 10.9. The molecule has 0 aromatic carbocycles. The van der Waals surface area contributed by atoms with Gasteiger partial charge in [-0.3, -0.25) is 4.79 Å². The van der Waals surface area contributed by atoms with Gasteiger partial charge < -0.3 is 0 Å². The molecule has 0 bridgehead atoms. The van der Waals surface area contributed by atoms with Crippen molar-refractivity contribution >= 4 is 27.5 Å². The maximum Gasteiger partial charge on any atom is 0.256 e. The molecule has 1 atom stereocenters. The summed E-state index contributed by atoms with van der Waals surface area (Å²) in [6.45, 7) is 2.17. The Morgan fingerprint density at radius 2 is 2.50 bits per heavy atom. The Labute approximate surface area is 81.6 Å². The van der Waals surface area contributed by atoms with Gasteiger partial charge >= 0.3 is 0 Å². The molecule has 1 rings (SSSR count). The zero-order chi connectivity index (χ0) is 8.97. The van der Waals surface area contributed by atoms with Crippen LogP contribution in [0.25, 0.3) is 0 Å². The largest absolute Gasteiger partial charge is 0.272 e. The Morgan fingerprint density at radius 3 is 2.92 bits per heavy atom. The van der Waals surface area contributed by atoms with Crippen LogP contribution in [0, 0.1) is 5.92 Å². The molecule has 0 heterocycles. The molecule has 12 heavy (non-hydrogen) atoms. The first kappa shape index (κ1) is 9.90. The summed E-state index contributed by atoms with van der Waals surface area (Å²) in [4.78, 5) is 15.0. The average molecular weight is 232 g/mol. The summed E-state index contributed by atoms with van der Waals surface area (Å²) in [5.74, 6) is 0.573. The van der Waals surface area contributed by atoms with E-state index in [1.54, 1.807) is 0 Å². The topological polar surface area (TPSA) is 29.4 Å². The smallest absolute Gasteiger partial charge is 0.256 e. The van der Waals surface area contributed by atoms with E-state index >= 15 is 0 Å². The van der Waals surface area contributed by atoms with Crippen molar-refractivity contribution < 1.29 is 4.79 Å². The van der Waals surface area contributed by atoms with Crippen molar-refractivity contribution in [2.75, 3.05) is 5.33 Å². The molecule has 1 aliphatic carbocycles. The van der Waals surface area contributed by atoms with Crippen molar-refractivity contribution in [1.29, 1.82) is 0 Å². The summed E-state index contributed by atoms with van der Waals surface area (Å²) in [7, 11) is 0. The molecule has 0 aliphatic heterocycles. The Hall–Kier alpha value is -0.180. The molecule has 1 fully saturated rings. The third kappa shape index (κ3) is 2.41. The van der Waals surface area contributed by atoms with Crippen LogP contribution in [0.15, 0.2) is 4.99 Å². The van der Waals surface area contributed by atoms with Crippen LogP contribution in [0.5, 0.6) is 0 Å². The second-order valence-corrected chi connectivity index (χ2v) is 3.72. The minimum absolute atomic E-state index is 0.0363. The fourth-order valence-electron chi connectivity index (χ4n) is 1.47. The summed E-state index contributed by atoms with van der Waals surface area (Å²) in [5, 5.41) is 0.356. The van der Waals surface area contributed by atoms with E-state index in [-0.39, 0.29) is 5.91 Å². The number of alkyl halides is 1. The average Bonchev–Trinajstić information content (AvgIpc) is 2.08. The Kier molecular flexibility index (Phi) is 3.92. The molecule has 0 aromatic heterocycles. The zero-order valence-corrected chi connectivity index (χ0v) is 8.93. The lowest BCUT2D eigenvalue weighted by molar-refractivity contribution is -0.115. The van der Waals surface area contributed by atoms with E-state index in [1.165, 1.54) is 19.3 Å². The number of amides is 1. The minimum atomic E-state index is -0.0363. The number of rotatable bonds is 3. The lowest BCUT2D eigenvalue weighted by Crippen LogP contribution is -2.27. The second kappa shape index (κ2) is 4.75. The number of carbonyl (C=O) groups excluding carboxylic acids is 1. The Morgan fingerprint density at radius 1 is 1.75 bits per heavy atom. The van der Waals surface area contributed by atoms with Gasteiger partial charge in [0.1, 0.15) is 0 Å². The minimum Gasteiger partial charge on any atom is -0.272 e. The van der Waals surface area contributed by atoms with E-state index in [0.29, 0.717) is 11.2 Å². The van der Waals surface area contributed by atoms with Crippen LogP contribution in [-0.2, 0) is 4.79 Å². The monoisotopic (exact) mass is 231 g/mol. The highest BCUT2D eigenvalue weighted by molar-refractivity contribution is 9.09. The molecule has 1 saturated carbocycles. The fourth-order valence-corrected chi connectivity index (χ4v) is 1.60. The number of nitrogens with zero attached hydrogens (tertiary/aromatic N) is 1. The van der Waals surface area contributed by atoms with Gasteiger partial charge in [0.2, 0.25) is 0 Å². The third-order valence-electron chi connectivity index (χ3n) is 2.24. The molecule has 0 spiro atoms. The molecule has 2 nitrogen and oxygen atoms in total. The van der Waals surface area contributed by atoms with Gasteiger partial charge in [-0.15, -0.1) is 0 Å². The van der Waals surface area contributed by atoms with Crippen molar-refractivity contribution in [2.24, 2.45) is 10.9 Å². The summed E-state index contributed by atoms with van der Waals surface area (Å²) < 4.78 is 0. The quantitative estimate of drug-likeness (QED) is 0.687. The lowest BCUT2D eigenvalue weighted by atomic mass is 9.80. The van der Waals surface area contributed by atoms with Crippen molar-refractivity contribution in [2.45, 2.75) is 32.6 Å². The molecule has 0 aromatic rings. The van der Waals surface area contributed by atoms with E-state index in [4.69, 9.17) is 0 Å². The number of hydrogen-bond donors (Lipinski definition) is 0. The van der Waals surface area contributed by atoms with Gasteiger partial charge in [-0.25, -0.2) is 4.99 Å². The fraction of sp³-hybridized carbons (Fsp3) is 0.778. The van der Waals surface area contributed by atoms with Gasteiger partial charge in [-0.05, 0) is 25.2 Å². The first-order chi connectivity index (χ1) is 5.77. The van der Waals surface area contributed by atoms with Crippen LogP contribution in [0.3, 0.4) is 0 Å². The van der Waals surface area contributed by atoms with Gasteiger partial charge in [0, 0.05) is 5.71 Å². The molecule has 1 amide bonds. The summed E-state index contributed by atoms with van der Waals surface area (Å²) in [6.07, 6.45) is 4.63. The summed E-state index contributed by atoms with van der Waals surface area (Å²) in [6, 6.07) is 0. The van der Waals surface area contributed by atoms with E-state index in [9.17, 15) is 4.79 Å². The predicted molar refractivity (Wildman–Crippen MR) is 53.9 cm³/mol. The number of hydrogen-bond acceptors (Lipinski definition) is 1. The Balaban J connectivity index is 2.42. The molecular formula is C9H14BrNO. The predicted octanol–water partition coefficient (Wildman–Crippen LogP) is 2.56. The van der Waals surface area contributed by atoms with Crippen LogP contribution >= 0.6 is 15.9 Å². The number of carbonyl (C=O) groups is 1. The first-order valence-corrected chi connectivity index (χ1v) is 5.56. The van der Waals surface area contributed by atoms with Crippen LogP contribution in [0.2, 0.25) is 0 Å². The van der Waals surface area contributed by atoms with Gasteiger partial charge in [0.15, 0.2) is 0 Å². The molecule has 1 aliphatic rings. The van der Waals surface area contributed by atoms with Crippen molar-refractivity contribution in [3.05, 3.63) is 0 Å². The Bertz CT molecular complexity index is 201. The van der Waals surface area contributed by atoms with Crippen molar-refractivity contribution in [3.63, 3.8) is 0 Å². The van der Waals surface area contributed by atoms with Gasteiger partial charge in [-0.2, -0.15) is 0 Å². The van der Waals surface area contributed by atoms with Crippen LogP contribution < -0.4 is 0 Å². The van der Waals surface area contributed by atoms with Gasteiger partial charge in [0.25, 0.3) is 5.91 Å². The summed E-state index contributed by atoms with van der Waals surface area (Å²) >= 11 is 3.10. The highest BCUT2D eigenvalue weighted by Gasteiger charge is 2.25. The van der Waals surface area contributed by atoms with Crippen LogP contribution in [0.4, 0.5) is 0 Å². The van der Waals surface area contributed by atoms with Crippen LogP contribution in [-0.4, -0.2) is 16.9 Å².